The van der Waals surface area contributed by atoms with Gasteiger partial charge in [0.15, 0.2) is 0 Å². The second-order valence-electron chi connectivity index (χ2n) is 5.68. The molecule has 0 spiro atoms. The van der Waals surface area contributed by atoms with Crippen LogP contribution in [0.5, 0.6) is 0 Å². The van der Waals surface area contributed by atoms with E-state index in [4.69, 9.17) is 4.98 Å². The second kappa shape index (κ2) is 4.49. The Hall–Kier alpha value is -1.61. The van der Waals surface area contributed by atoms with Crippen molar-refractivity contribution in [1.29, 1.82) is 0 Å². The first-order valence-corrected chi connectivity index (χ1v) is 7.29. The molecule has 19 heavy (non-hydrogen) atoms. The number of hydrogen-bond donors (Lipinski definition) is 2. The highest BCUT2D eigenvalue weighted by Gasteiger charge is 2.22. The lowest BCUT2D eigenvalue weighted by Gasteiger charge is -2.03. The third kappa shape index (κ3) is 2.19. The maximum atomic E-state index is 4.83. The number of hydrogen-bond acceptors (Lipinski definition) is 2. The van der Waals surface area contributed by atoms with E-state index < -0.39 is 0 Å². The number of nitrogens with one attached hydrogen (secondary N) is 2. The van der Waals surface area contributed by atoms with Gasteiger partial charge in [0.25, 0.3) is 0 Å². The van der Waals surface area contributed by atoms with E-state index in [9.17, 15) is 0 Å². The van der Waals surface area contributed by atoms with Gasteiger partial charge in [0.05, 0.1) is 12.2 Å². The van der Waals surface area contributed by atoms with Crippen molar-refractivity contribution in [2.45, 2.75) is 44.7 Å². The molecule has 2 aliphatic carbocycles. The average molecular weight is 253 g/mol. The summed E-state index contributed by atoms with van der Waals surface area (Å²) in [6.07, 6.45) is 6.13. The number of imidazole rings is 1. The average Bonchev–Trinajstić information content (AvgIpc) is 3.20. The van der Waals surface area contributed by atoms with E-state index in [-0.39, 0.29) is 0 Å². The number of aryl methyl sites for hydroxylation is 2. The van der Waals surface area contributed by atoms with Crippen LogP contribution in [0.25, 0.3) is 11.3 Å². The van der Waals surface area contributed by atoms with E-state index in [1.807, 2.05) is 0 Å². The molecule has 2 aromatic rings. The van der Waals surface area contributed by atoms with Crippen molar-refractivity contribution < 1.29 is 0 Å². The molecule has 1 saturated carbocycles. The second-order valence-corrected chi connectivity index (χ2v) is 5.68. The van der Waals surface area contributed by atoms with Crippen LogP contribution in [0.15, 0.2) is 24.3 Å². The molecule has 98 valence electrons. The summed E-state index contributed by atoms with van der Waals surface area (Å²) in [5.74, 6) is 1.09. The molecule has 0 amide bonds. The predicted octanol–water partition coefficient (Wildman–Crippen LogP) is 2.82. The first kappa shape index (κ1) is 11.2. The zero-order valence-corrected chi connectivity index (χ0v) is 11.1. The fourth-order valence-electron chi connectivity index (χ4n) is 2.90. The first-order valence-electron chi connectivity index (χ1n) is 7.29. The summed E-state index contributed by atoms with van der Waals surface area (Å²) >= 11 is 0. The maximum Gasteiger partial charge on any atom is 0.121 e. The molecule has 0 radical (unpaired) electrons. The summed E-state index contributed by atoms with van der Waals surface area (Å²) in [5, 5.41) is 3.53. The molecule has 1 aromatic heterocycles. The van der Waals surface area contributed by atoms with Crippen LogP contribution in [0.4, 0.5) is 0 Å². The van der Waals surface area contributed by atoms with Crippen molar-refractivity contribution >= 4 is 0 Å². The van der Waals surface area contributed by atoms with Crippen LogP contribution in [0.2, 0.25) is 0 Å². The summed E-state index contributed by atoms with van der Waals surface area (Å²) in [4.78, 5) is 8.36. The van der Waals surface area contributed by atoms with Crippen LogP contribution >= 0.6 is 0 Å². The Morgan fingerprint density at radius 1 is 1.21 bits per heavy atom. The SMILES string of the molecule is c1ccc2c(c1)CCCc1[nH]c(CNC3CC3)nc1-2. The molecule has 0 unspecified atom stereocenters. The Morgan fingerprint density at radius 3 is 3.00 bits per heavy atom. The van der Waals surface area contributed by atoms with Gasteiger partial charge >= 0.3 is 0 Å². The van der Waals surface area contributed by atoms with Crippen molar-refractivity contribution in [1.82, 2.24) is 15.3 Å². The van der Waals surface area contributed by atoms with Gasteiger partial charge in [-0.25, -0.2) is 4.98 Å². The number of H-pyrrole nitrogens is 1. The first-order chi connectivity index (χ1) is 9.40. The van der Waals surface area contributed by atoms with E-state index in [1.54, 1.807) is 0 Å². The van der Waals surface area contributed by atoms with Crippen LogP contribution < -0.4 is 5.32 Å². The third-order valence-electron chi connectivity index (χ3n) is 4.11. The zero-order valence-electron chi connectivity index (χ0n) is 11.1. The standard InChI is InChI=1S/C16H19N3/c1-2-6-13-11(4-1)5-3-7-14-16(13)19-15(18-14)10-17-12-8-9-12/h1-2,4,6,12,17H,3,5,7-10H2,(H,18,19). The predicted molar refractivity (Wildman–Crippen MR) is 75.9 cm³/mol. The van der Waals surface area contributed by atoms with Crippen molar-refractivity contribution in [2.24, 2.45) is 0 Å². The quantitative estimate of drug-likeness (QED) is 0.883. The Kier molecular flexibility index (Phi) is 2.66. The highest BCUT2D eigenvalue weighted by atomic mass is 15.0. The molecule has 0 bridgehead atoms. The third-order valence-corrected chi connectivity index (χ3v) is 4.11. The van der Waals surface area contributed by atoms with Crippen LogP contribution in [0.3, 0.4) is 0 Å². The molecule has 0 atom stereocenters. The summed E-state index contributed by atoms with van der Waals surface area (Å²) in [6.45, 7) is 0.875. The van der Waals surface area contributed by atoms with Gasteiger partial charge in [-0.15, -0.1) is 0 Å². The molecule has 1 fully saturated rings. The van der Waals surface area contributed by atoms with Crippen molar-refractivity contribution in [3.63, 3.8) is 0 Å². The van der Waals surface area contributed by atoms with Crippen LogP contribution in [-0.4, -0.2) is 16.0 Å². The number of aromatic nitrogens is 2. The van der Waals surface area contributed by atoms with E-state index >= 15 is 0 Å². The van der Waals surface area contributed by atoms with Gasteiger partial charge in [-0.2, -0.15) is 0 Å². The van der Waals surface area contributed by atoms with E-state index in [0.717, 1.165) is 31.3 Å². The fourth-order valence-corrected chi connectivity index (χ4v) is 2.90. The molecular formula is C16H19N3. The summed E-state index contributed by atoms with van der Waals surface area (Å²) in [6, 6.07) is 9.42. The Bertz CT molecular complexity index is 596. The van der Waals surface area contributed by atoms with Gasteiger partial charge in [0.2, 0.25) is 0 Å². The minimum absolute atomic E-state index is 0.734. The van der Waals surface area contributed by atoms with Crippen molar-refractivity contribution in [3.05, 3.63) is 41.3 Å². The molecule has 2 aliphatic rings. The minimum atomic E-state index is 0.734. The molecular weight excluding hydrogens is 234 g/mol. The van der Waals surface area contributed by atoms with Gasteiger partial charge < -0.3 is 10.3 Å². The van der Waals surface area contributed by atoms with Crippen LogP contribution in [0, 0.1) is 0 Å². The van der Waals surface area contributed by atoms with E-state index in [1.165, 1.54) is 41.8 Å². The fraction of sp³-hybridized carbons (Fsp3) is 0.438. The number of aromatic amines is 1. The highest BCUT2D eigenvalue weighted by molar-refractivity contribution is 5.67. The van der Waals surface area contributed by atoms with Gasteiger partial charge in [-0.05, 0) is 37.7 Å². The largest absolute Gasteiger partial charge is 0.344 e. The highest BCUT2D eigenvalue weighted by Crippen LogP contribution is 2.30. The number of nitrogens with zero attached hydrogens (tertiary/aromatic N) is 1. The molecule has 4 rings (SSSR count). The lowest BCUT2D eigenvalue weighted by molar-refractivity contribution is 0.661. The molecule has 3 heteroatoms. The molecule has 1 aromatic carbocycles. The number of rotatable bonds is 3. The maximum absolute atomic E-state index is 4.83. The minimum Gasteiger partial charge on any atom is -0.344 e. The smallest absolute Gasteiger partial charge is 0.121 e. The topological polar surface area (TPSA) is 40.7 Å². The zero-order chi connectivity index (χ0) is 12.7. The van der Waals surface area contributed by atoms with Gasteiger partial charge in [-0.3, -0.25) is 0 Å². The Labute approximate surface area is 113 Å². The lowest BCUT2D eigenvalue weighted by Crippen LogP contribution is -2.16. The monoisotopic (exact) mass is 253 g/mol. The molecule has 1 heterocycles. The van der Waals surface area contributed by atoms with Crippen molar-refractivity contribution in [3.8, 4) is 11.3 Å². The summed E-state index contributed by atoms with van der Waals surface area (Å²) in [5.41, 5.74) is 5.26. The number of fused-ring (bicyclic) bond motifs is 3. The van der Waals surface area contributed by atoms with Gasteiger partial charge in [0.1, 0.15) is 5.82 Å². The van der Waals surface area contributed by atoms with Crippen LogP contribution in [-0.2, 0) is 19.4 Å². The van der Waals surface area contributed by atoms with E-state index in [0.29, 0.717) is 0 Å². The molecule has 2 N–H and O–H groups in total. The van der Waals surface area contributed by atoms with Gasteiger partial charge in [0, 0.05) is 17.3 Å². The van der Waals surface area contributed by atoms with E-state index in [2.05, 4.69) is 34.6 Å². The van der Waals surface area contributed by atoms with Crippen LogP contribution in [0.1, 0.15) is 36.3 Å². The summed E-state index contributed by atoms with van der Waals surface area (Å²) in [7, 11) is 0. The Morgan fingerprint density at radius 2 is 2.11 bits per heavy atom. The normalized spacial score (nSPS) is 17.7. The van der Waals surface area contributed by atoms with Crippen molar-refractivity contribution in [2.75, 3.05) is 0 Å². The Balaban J connectivity index is 1.68. The molecule has 3 nitrogen and oxygen atoms in total. The molecule has 0 aliphatic heterocycles. The van der Waals surface area contributed by atoms with Gasteiger partial charge in [-0.1, -0.05) is 24.3 Å². The lowest BCUT2D eigenvalue weighted by atomic mass is 10.0. The molecule has 0 saturated heterocycles. The summed E-state index contributed by atoms with van der Waals surface area (Å²) < 4.78 is 0. The number of benzene rings is 1.